The first-order chi connectivity index (χ1) is 28.3. The summed E-state index contributed by atoms with van der Waals surface area (Å²) in [6.07, 6.45) is 19.5. The van der Waals surface area contributed by atoms with Gasteiger partial charge in [-0.15, -0.1) is 0 Å². The molecule has 1 saturated heterocycles. The van der Waals surface area contributed by atoms with Gasteiger partial charge < -0.3 is 39.4 Å². The molecule has 6 rings (SSSR count). The second kappa shape index (κ2) is 21.3. The minimum absolute atomic E-state index is 0.00296. The number of ether oxygens (including phenoxy) is 4. The van der Waals surface area contributed by atoms with Crippen molar-refractivity contribution in [3.63, 3.8) is 0 Å². The van der Waals surface area contributed by atoms with Crippen LogP contribution in [-0.2, 0) is 14.3 Å². The van der Waals surface area contributed by atoms with Crippen LogP contribution in [0.1, 0.15) is 163 Å². The maximum Gasteiger partial charge on any atom is 0.306 e. The number of carbonyl (C=O) groups excluding carboxylic acids is 1. The van der Waals surface area contributed by atoms with Gasteiger partial charge in [-0.1, -0.05) is 104 Å². The molecule has 1 heterocycles. The molecule has 0 bridgehead atoms. The van der Waals surface area contributed by atoms with Crippen LogP contribution in [0.15, 0.2) is 35.9 Å². The molecular weight excluding hydrogens is 745 g/mol. The Hall–Kier alpha value is -2.17. The topological polar surface area (TPSA) is 135 Å². The van der Waals surface area contributed by atoms with Gasteiger partial charge in [-0.25, -0.2) is 0 Å². The predicted molar refractivity (Wildman–Crippen MR) is 231 cm³/mol. The molecular formula is C50H80O9. The number of esters is 1. The quantitative estimate of drug-likeness (QED) is 0.0543. The van der Waals surface area contributed by atoms with E-state index in [2.05, 4.69) is 40.7 Å². The Labute approximate surface area is 356 Å². The van der Waals surface area contributed by atoms with E-state index in [-0.39, 0.29) is 17.5 Å². The lowest BCUT2D eigenvalue weighted by atomic mass is 9.47. The van der Waals surface area contributed by atoms with Crippen LogP contribution in [-0.4, -0.2) is 76.4 Å². The summed E-state index contributed by atoms with van der Waals surface area (Å²) in [5, 5.41) is 39.5. The number of allylic oxidation sites excluding steroid dienone is 1. The van der Waals surface area contributed by atoms with Crippen LogP contribution in [0.5, 0.6) is 11.5 Å². The molecule has 9 nitrogen and oxygen atoms in total. The molecule has 4 aliphatic carbocycles. The first-order valence-corrected chi connectivity index (χ1v) is 23.9. The summed E-state index contributed by atoms with van der Waals surface area (Å²) in [5.74, 6) is 6.18. The van der Waals surface area contributed by atoms with Crippen molar-refractivity contribution < 1.29 is 44.2 Å². The number of hydrogen-bond acceptors (Lipinski definition) is 9. The molecule has 3 saturated carbocycles. The number of unbranched alkanes of at least 4 members (excludes halogenated alkanes) is 7. The molecule has 1 aliphatic heterocycles. The van der Waals surface area contributed by atoms with Crippen LogP contribution in [0, 0.1) is 46.3 Å². The van der Waals surface area contributed by atoms with Crippen molar-refractivity contribution in [2.75, 3.05) is 13.2 Å². The highest BCUT2D eigenvalue weighted by molar-refractivity contribution is 5.69. The smallest absolute Gasteiger partial charge is 0.306 e. The molecule has 4 fully saturated rings. The van der Waals surface area contributed by atoms with E-state index in [0.29, 0.717) is 29.9 Å². The number of carbonyl (C=O) groups is 1. The van der Waals surface area contributed by atoms with Crippen molar-refractivity contribution in [3.05, 3.63) is 35.9 Å². The van der Waals surface area contributed by atoms with Crippen molar-refractivity contribution in [1.29, 1.82) is 0 Å². The second-order valence-corrected chi connectivity index (χ2v) is 20.4. The van der Waals surface area contributed by atoms with Crippen LogP contribution in [0.25, 0.3) is 0 Å². The summed E-state index contributed by atoms with van der Waals surface area (Å²) in [4.78, 5) is 12.9. The van der Waals surface area contributed by atoms with Crippen molar-refractivity contribution >= 4 is 5.97 Å². The summed E-state index contributed by atoms with van der Waals surface area (Å²) in [7, 11) is 0. The van der Waals surface area contributed by atoms with Gasteiger partial charge in [-0.05, 0) is 128 Å². The highest BCUT2D eigenvalue weighted by Crippen LogP contribution is 2.67. The molecule has 0 spiro atoms. The molecule has 0 amide bonds. The summed E-state index contributed by atoms with van der Waals surface area (Å²) in [5.41, 5.74) is 2.41. The average Bonchev–Trinajstić information content (AvgIpc) is 3.58. The monoisotopic (exact) mass is 825 g/mol. The lowest BCUT2D eigenvalue weighted by Crippen LogP contribution is -2.60. The molecule has 0 aromatic heterocycles. The maximum atomic E-state index is 12.9. The maximum absolute atomic E-state index is 12.9. The average molecular weight is 825 g/mol. The first-order valence-electron chi connectivity index (χ1n) is 23.9. The zero-order valence-electron chi connectivity index (χ0n) is 37.2. The second-order valence-electron chi connectivity index (χ2n) is 20.4. The van der Waals surface area contributed by atoms with E-state index >= 15 is 0 Å². The van der Waals surface area contributed by atoms with Crippen LogP contribution < -0.4 is 9.47 Å². The highest BCUT2D eigenvalue weighted by Gasteiger charge is 2.59. The number of aliphatic hydroxyl groups excluding tert-OH is 4. The van der Waals surface area contributed by atoms with E-state index in [1.807, 2.05) is 0 Å². The fraction of sp³-hybridized carbons (Fsp3) is 0.820. The lowest BCUT2D eigenvalue weighted by Gasteiger charge is -2.58. The molecule has 13 unspecified atom stereocenters. The van der Waals surface area contributed by atoms with E-state index in [0.717, 1.165) is 86.9 Å². The normalized spacial score (nSPS) is 35.9. The van der Waals surface area contributed by atoms with Crippen LogP contribution in [0.2, 0.25) is 0 Å². The molecule has 9 heteroatoms. The van der Waals surface area contributed by atoms with E-state index in [1.165, 1.54) is 70.6 Å². The Morgan fingerprint density at radius 2 is 1.49 bits per heavy atom. The van der Waals surface area contributed by atoms with E-state index in [9.17, 15) is 25.2 Å². The van der Waals surface area contributed by atoms with Gasteiger partial charge in [0.1, 0.15) is 42.0 Å². The zero-order valence-corrected chi connectivity index (χ0v) is 37.2. The number of benzene rings is 1. The zero-order chi connectivity index (χ0) is 42.2. The fourth-order valence-corrected chi connectivity index (χ4v) is 12.5. The van der Waals surface area contributed by atoms with Gasteiger partial charge in [0.15, 0.2) is 0 Å². The standard InChI is InChI=1S/C50H80O9/c1-33(2)15-14-16-34(3)40-24-25-41-39-23-18-35-31-38(26-28-49(35,4)42(39)27-29-50(40,41)5)57-44(52)17-12-10-8-6-7-9-11-13-30-56-36-19-21-37(22-20-36)58-48-47(55)46(54)45(53)43(32-51)59-48/h18-22,33-34,38-43,45-48,51,53-55H,6-17,23-32H2,1-5H3. The molecule has 334 valence electrons. The molecule has 4 N–H and O–H groups in total. The summed E-state index contributed by atoms with van der Waals surface area (Å²) < 4.78 is 23.1. The van der Waals surface area contributed by atoms with Gasteiger partial charge in [0.05, 0.1) is 13.2 Å². The van der Waals surface area contributed by atoms with Gasteiger partial charge >= 0.3 is 5.97 Å². The number of rotatable bonds is 21. The summed E-state index contributed by atoms with van der Waals surface area (Å²) in [6, 6.07) is 6.92. The fourth-order valence-electron chi connectivity index (χ4n) is 12.5. The third-order valence-electron chi connectivity index (χ3n) is 16.0. The Kier molecular flexibility index (Phi) is 16.7. The summed E-state index contributed by atoms with van der Waals surface area (Å²) >= 11 is 0. The Balaban J connectivity index is 0.802. The van der Waals surface area contributed by atoms with Crippen molar-refractivity contribution in [2.24, 2.45) is 46.3 Å². The van der Waals surface area contributed by atoms with Crippen LogP contribution in [0.4, 0.5) is 0 Å². The van der Waals surface area contributed by atoms with Gasteiger partial charge in [0, 0.05) is 12.8 Å². The van der Waals surface area contributed by atoms with Gasteiger partial charge in [0.2, 0.25) is 6.29 Å². The van der Waals surface area contributed by atoms with E-state index in [4.69, 9.17) is 18.9 Å². The molecule has 5 aliphatic rings. The van der Waals surface area contributed by atoms with E-state index < -0.39 is 37.3 Å². The van der Waals surface area contributed by atoms with E-state index in [1.54, 1.807) is 29.8 Å². The van der Waals surface area contributed by atoms with Gasteiger partial charge in [-0.2, -0.15) is 0 Å². The van der Waals surface area contributed by atoms with Crippen molar-refractivity contribution in [2.45, 2.75) is 200 Å². The Morgan fingerprint density at radius 1 is 0.797 bits per heavy atom. The Bertz CT molecular complexity index is 1480. The highest BCUT2D eigenvalue weighted by atomic mass is 16.7. The first kappa shape index (κ1) is 46.3. The predicted octanol–water partition coefficient (Wildman–Crippen LogP) is 9.71. The molecule has 0 radical (unpaired) electrons. The third kappa shape index (κ3) is 11.3. The molecule has 59 heavy (non-hydrogen) atoms. The van der Waals surface area contributed by atoms with Crippen molar-refractivity contribution in [1.82, 2.24) is 0 Å². The van der Waals surface area contributed by atoms with Crippen LogP contribution >= 0.6 is 0 Å². The lowest BCUT2D eigenvalue weighted by molar-refractivity contribution is -0.277. The molecule has 1 aromatic rings. The number of hydrogen-bond donors (Lipinski definition) is 4. The SMILES string of the molecule is CC(C)CCCC(C)C1CCC2C3CC=C4CC(OC(=O)CCCCCCCCCCOc5ccc(OC6OC(CO)C(O)C(O)C6O)cc5)CCC4(C)C3CCC12C. The Morgan fingerprint density at radius 3 is 2.20 bits per heavy atom. The number of fused-ring (bicyclic) bond motifs is 5. The molecule has 1 aromatic carbocycles. The van der Waals surface area contributed by atoms with Gasteiger partial charge in [0.25, 0.3) is 0 Å². The van der Waals surface area contributed by atoms with Crippen LogP contribution in [0.3, 0.4) is 0 Å². The van der Waals surface area contributed by atoms with Gasteiger partial charge in [-0.3, -0.25) is 4.79 Å². The molecule has 13 atom stereocenters. The van der Waals surface area contributed by atoms with Crippen molar-refractivity contribution in [3.8, 4) is 11.5 Å². The summed E-state index contributed by atoms with van der Waals surface area (Å²) in [6.45, 7) is 12.7. The minimum atomic E-state index is -1.48. The third-order valence-corrected chi connectivity index (χ3v) is 16.0. The number of aliphatic hydroxyl groups is 4. The largest absolute Gasteiger partial charge is 0.494 e. The minimum Gasteiger partial charge on any atom is -0.494 e.